The van der Waals surface area contributed by atoms with Crippen LogP contribution in [0.15, 0.2) is 109 Å². The summed E-state index contributed by atoms with van der Waals surface area (Å²) in [6, 6.07) is 39.4. The number of rotatable bonds is 2. The molecule has 0 aliphatic carbocycles. The maximum Gasteiger partial charge on any atom is 0.0434 e. The zero-order chi connectivity index (χ0) is 19.2. The van der Waals surface area contributed by atoms with Crippen LogP contribution in [0.5, 0.6) is 0 Å². The van der Waals surface area contributed by atoms with Crippen LogP contribution in [0, 0.1) is 0 Å². The molecule has 0 saturated heterocycles. The fourth-order valence-corrected chi connectivity index (χ4v) is 5.66. The zero-order valence-corrected chi connectivity index (χ0v) is 16.6. The molecule has 0 atom stereocenters. The Kier molecular flexibility index (Phi) is 3.75. The molecule has 136 valence electrons. The summed E-state index contributed by atoms with van der Waals surface area (Å²) in [7, 11) is 0. The molecular weight excluding hydrogens is 368 g/mol. The Morgan fingerprint density at radius 3 is 1.86 bits per heavy atom. The van der Waals surface area contributed by atoms with Gasteiger partial charge in [0.1, 0.15) is 0 Å². The van der Waals surface area contributed by atoms with Crippen molar-refractivity contribution >= 4 is 43.7 Å². The van der Waals surface area contributed by atoms with Crippen LogP contribution in [0.4, 0.5) is 0 Å². The molecule has 0 aliphatic rings. The Hall–Kier alpha value is -3.42. The van der Waals surface area contributed by atoms with Crippen molar-refractivity contribution in [1.82, 2.24) is 0 Å². The number of thiophene rings is 1. The highest BCUT2D eigenvalue weighted by atomic mass is 32.1. The lowest BCUT2D eigenvalue weighted by Gasteiger charge is -2.09. The van der Waals surface area contributed by atoms with E-state index in [4.69, 9.17) is 0 Å². The minimum absolute atomic E-state index is 1.28. The molecule has 0 aliphatic heterocycles. The molecule has 6 rings (SSSR count). The van der Waals surface area contributed by atoms with Crippen molar-refractivity contribution in [2.45, 2.75) is 0 Å². The van der Waals surface area contributed by atoms with Gasteiger partial charge in [-0.05, 0) is 27.1 Å². The minimum Gasteiger partial charge on any atom is -0.134 e. The van der Waals surface area contributed by atoms with Crippen molar-refractivity contribution in [3.8, 4) is 20.9 Å². The van der Waals surface area contributed by atoms with Crippen LogP contribution in [-0.2, 0) is 0 Å². The third kappa shape index (κ3) is 2.59. The van der Waals surface area contributed by atoms with Crippen LogP contribution in [0.2, 0.25) is 0 Å². The van der Waals surface area contributed by atoms with Crippen LogP contribution in [0.3, 0.4) is 0 Å². The molecule has 1 heterocycles. The summed E-state index contributed by atoms with van der Waals surface area (Å²) in [5.74, 6) is 0. The van der Waals surface area contributed by atoms with Crippen LogP contribution in [0.25, 0.3) is 53.2 Å². The van der Waals surface area contributed by atoms with Crippen LogP contribution >= 0.6 is 11.3 Å². The third-order valence-corrected chi connectivity index (χ3v) is 6.97. The maximum atomic E-state index is 2.28. The van der Waals surface area contributed by atoms with Crippen molar-refractivity contribution in [3.05, 3.63) is 109 Å². The van der Waals surface area contributed by atoms with Crippen molar-refractivity contribution in [2.24, 2.45) is 0 Å². The summed E-state index contributed by atoms with van der Waals surface area (Å²) in [5.41, 5.74) is 2.60. The van der Waals surface area contributed by atoms with E-state index in [-0.39, 0.29) is 0 Å². The topological polar surface area (TPSA) is 0 Å². The van der Waals surface area contributed by atoms with Gasteiger partial charge in [-0.3, -0.25) is 0 Å². The van der Waals surface area contributed by atoms with Crippen molar-refractivity contribution in [1.29, 1.82) is 0 Å². The summed E-state index contributed by atoms with van der Waals surface area (Å²) in [6.45, 7) is 0. The first kappa shape index (κ1) is 16.5. The summed E-state index contributed by atoms with van der Waals surface area (Å²) < 4.78 is 0. The Morgan fingerprint density at radius 1 is 0.414 bits per heavy atom. The molecule has 0 unspecified atom stereocenters. The summed E-state index contributed by atoms with van der Waals surface area (Å²) >= 11 is 1.90. The van der Waals surface area contributed by atoms with E-state index in [1.165, 1.54) is 53.2 Å². The minimum atomic E-state index is 1.28. The third-order valence-electron chi connectivity index (χ3n) is 5.67. The molecule has 1 heteroatoms. The maximum absolute atomic E-state index is 2.28. The van der Waals surface area contributed by atoms with Crippen molar-refractivity contribution in [3.63, 3.8) is 0 Å². The standard InChI is InChI=1S/C28H18S/c1-2-10-21(11-3-1)27-23-14-6-7-15-24(23)28(29-27)25-16-8-12-20-18-17-19-9-4-5-13-22(19)26(20)25/h1-18H. The fourth-order valence-electron chi connectivity index (χ4n) is 4.34. The smallest absolute Gasteiger partial charge is 0.0434 e. The van der Waals surface area contributed by atoms with Gasteiger partial charge in [0.05, 0.1) is 0 Å². The molecule has 0 fully saturated rings. The number of benzene rings is 5. The predicted molar refractivity (Wildman–Crippen MR) is 128 cm³/mol. The first-order valence-corrected chi connectivity index (χ1v) is 10.7. The van der Waals surface area contributed by atoms with Crippen LogP contribution in [-0.4, -0.2) is 0 Å². The van der Waals surface area contributed by atoms with Crippen molar-refractivity contribution in [2.75, 3.05) is 0 Å². The fraction of sp³-hybridized carbons (Fsp3) is 0. The van der Waals surface area contributed by atoms with E-state index in [9.17, 15) is 0 Å². The molecule has 0 N–H and O–H groups in total. The Balaban J connectivity index is 1.74. The molecule has 0 spiro atoms. The van der Waals surface area contributed by atoms with E-state index in [0.29, 0.717) is 0 Å². The zero-order valence-electron chi connectivity index (χ0n) is 15.8. The van der Waals surface area contributed by atoms with Gasteiger partial charge in [-0.1, -0.05) is 109 Å². The summed E-state index contributed by atoms with van der Waals surface area (Å²) in [5, 5.41) is 7.90. The summed E-state index contributed by atoms with van der Waals surface area (Å²) in [4.78, 5) is 2.69. The molecule has 1 aromatic heterocycles. The second-order valence-electron chi connectivity index (χ2n) is 7.36. The lowest BCUT2D eigenvalue weighted by molar-refractivity contribution is 1.71. The van der Waals surface area contributed by atoms with Gasteiger partial charge in [-0.2, -0.15) is 0 Å². The summed E-state index contributed by atoms with van der Waals surface area (Å²) in [6.07, 6.45) is 0. The van der Waals surface area contributed by atoms with Gasteiger partial charge in [-0.25, -0.2) is 0 Å². The average molecular weight is 387 g/mol. The molecule has 0 amide bonds. The molecule has 29 heavy (non-hydrogen) atoms. The van der Waals surface area contributed by atoms with E-state index < -0.39 is 0 Å². The molecule has 5 aromatic carbocycles. The van der Waals surface area contributed by atoms with Crippen LogP contribution < -0.4 is 0 Å². The monoisotopic (exact) mass is 386 g/mol. The molecule has 0 saturated carbocycles. The molecule has 0 nitrogen and oxygen atoms in total. The molecule has 6 aromatic rings. The lowest BCUT2D eigenvalue weighted by atomic mass is 9.95. The Morgan fingerprint density at radius 2 is 1.03 bits per heavy atom. The van der Waals surface area contributed by atoms with Crippen LogP contribution in [0.1, 0.15) is 0 Å². The highest BCUT2D eigenvalue weighted by molar-refractivity contribution is 7.21. The number of fused-ring (bicyclic) bond motifs is 4. The van der Waals surface area contributed by atoms with Gasteiger partial charge in [-0.15, -0.1) is 11.3 Å². The normalized spacial score (nSPS) is 11.4. The van der Waals surface area contributed by atoms with Gasteiger partial charge in [0, 0.05) is 26.1 Å². The predicted octanol–water partition coefficient (Wildman–Crippen LogP) is 8.54. The van der Waals surface area contributed by atoms with Crippen molar-refractivity contribution < 1.29 is 0 Å². The molecule has 0 bridgehead atoms. The van der Waals surface area contributed by atoms with E-state index in [0.717, 1.165) is 0 Å². The quantitative estimate of drug-likeness (QED) is 0.262. The highest BCUT2D eigenvalue weighted by Gasteiger charge is 2.16. The SMILES string of the molecule is c1ccc(-c2sc(-c3cccc4ccc5ccccc5c34)c3ccccc23)cc1. The first-order valence-electron chi connectivity index (χ1n) is 9.88. The molecule has 0 radical (unpaired) electrons. The molecular formula is C28H18S. The number of hydrogen-bond donors (Lipinski definition) is 0. The second kappa shape index (κ2) is 6.58. The van der Waals surface area contributed by atoms with Gasteiger partial charge < -0.3 is 0 Å². The van der Waals surface area contributed by atoms with E-state index in [2.05, 4.69) is 109 Å². The number of hydrogen-bond acceptors (Lipinski definition) is 1. The highest BCUT2D eigenvalue weighted by Crippen LogP contribution is 2.46. The largest absolute Gasteiger partial charge is 0.134 e. The van der Waals surface area contributed by atoms with E-state index >= 15 is 0 Å². The Bertz CT molecular complexity index is 1490. The van der Waals surface area contributed by atoms with E-state index in [1.54, 1.807) is 0 Å². The lowest BCUT2D eigenvalue weighted by Crippen LogP contribution is -1.82. The van der Waals surface area contributed by atoms with Gasteiger partial charge >= 0.3 is 0 Å². The van der Waals surface area contributed by atoms with Gasteiger partial charge in [0.25, 0.3) is 0 Å². The first-order chi connectivity index (χ1) is 14.4. The Labute approximate surface area is 173 Å². The second-order valence-corrected chi connectivity index (χ2v) is 8.38. The van der Waals surface area contributed by atoms with E-state index in [1.807, 2.05) is 11.3 Å². The van der Waals surface area contributed by atoms with Gasteiger partial charge in [0.15, 0.2) is 0 Å². The average Bonchev–Trinajstić information content (AvgIpc) is 3.19. The van der Waals surface area contributed by atoms with Gasteiger partial charge in [0.2, 0.25) is 0 Å².